The lowest BCUT2D eigenvalue weighted by atomic mass is 10.3. The van der Waals surface area contributed by atoms with Crippen LogP contribution in [0.5, 0.6) is 0 Å². The normalized spacial score (nSPS) is 16.2. The Hall–Kier alpha value is -1.20. The third kappa shape index (κ3) is 2.31. The molecule has 0 unspecified atom stereocenters. The smallest absolute Gasteiger partial charge is 0.255 e. The number of carbonyl (C=O) groups excluding carboxylic acids is 1. The van der Waals surface area contributed by atoms with E-state index in [4.69, 9.17) is 16.3 Å². The van der Waals surface area contributed by atoms with Crippen LogP contribution in [0.25, 0.3) is 0 Å². The quantitative estimate of drug-likeness (QED) is 0.723. The number of aryl methyl sites for hydroxylation is 1. The lowest BCUT2D eigenvalue weighted by Crippen LogP contribution is -2.37. The van der Waals surface area contributed by atoms with Gasteiger partial charge in [0.05, 0.1) is 24.5 Å². The summed E-state index contributed by atoms with van der Waals surface area (Å²) in [5, 5.41) is -0.522. The van der Waals surface area contributed by atoms with Crippen molar-refractivity contribution >= 4 is 22.8 Å². The molecule has 1 aromatic rings. The molecular weight excluding hydrogens is 230 g/mol. The molecule has 0 aromatic carbocycles. The van der Waals surface area contributed by atoms with Crippen LogP contribution in [0, 0.1) is 6.92 Å². The van der Waals surface area contributed by atoms with Crippen molar-refractivity contribution < 1.29 is 9.53 Å². The van der Waals surface area contributed by atoms with E-state index in [1.54, 1.807) is 6.92 Å². The first-order valence-electron chi connectivity index (χ1n) is 5.04. The molecule has 0 N–H and O–H groups in total. The van der Waals surface area contributed by atoms with Gasteiger partial charge in [-0.15, -0.1) is 0 Å². The summed E-state index contributed by atoms with van der Waals surface area (Å²) in [6.07, 6.45) is 1.47. The molecule has 2 heterocycles. The van der Waals surface area contributed by atoms with Gasteiger partial charge >= 0.3 is 0 Å². The standard InChI is InChI=1S/C10H12ClN3O2/c1-7-8(9(11)15)6-12-10(13-7)14-2-4-16-5-3-14/h6H,2-5H2,1H3. The van der Waals surface area contributed by atoms with E-state index in [1.807, 2.05) is 4.90 Å². The molecule has 5 nitrogen and oxygen atoms in total. The molecule has 1 aromatic heterocycles. The zero-order valence-electron chi connectivity index (χ0n) is 8.94. The van der Waals surface area contributed by atoms with Crippen LogP contribution in [0.2, 0.25) is 0 Å². The Kier molecular flexibility index (Phi) is 3.36. The number of nitrogens with zero attached hydrogens (tertiary/aromatic N) is 3. The first-order chi connectivity index (χ1) is 7.68. The summed E-state index contributed by atoms with van der Waals surface area (Å²) in [7, 11) is 0. The van der Waals surface area contributed by atoms with E-state index in [2.05, 4.69) is 9.97 Å². The zero-order valence-corrected chi connectivity index (χ0v) is 9.70. The van der Waals surface area contributed by atoms with Gasteiger partial charge < -0.3 is 9.64 Å². The molecule has 0 atom stereocenters. The Bertz CT molecular complexity index is 405. The Morgan fingerprint density at radius 1 is 1.50 bits per heavy atom. The van der Waals surface area contributed by atoms with Crippen LogP contribution in [-0.4, -0.2) is 41.5 Å². The molecule has 0 aliphatic carbocycles. The number of ether oxygens (including phenoxy) is 1. The molecule has 0 amide bonds. The van der Waals surface area contributed by atoms with Gasteiger partial charge in [-0.3, -0.25) is 4.79 Å². The van der Waals surface area contributed by atoms with E-state index in [0.29, 0.717) is 30.4 Å². The summed E-state index contributed by atoms with van der Waals surface area (Å²) in [4.78, 5) is 21.4. The van der Waals surface area contributed by atoms with Gasteiger partial charge in [-0.1, -0.05) is 0 Å². The molecule has 2 rings (SSSR count). The highest BCUT2D eigenvalue weighted by Crippen LogP contribution is 2.14. The Labute approximate surface area is 98.4 Å². The first kappa shape index (κ1) is 11.3. The van der Waals surface area contributed by atoms with E-state index >= 15 is 0 Å². The van der Waals surface area contributed by atoms with Gasteiger partial charge in [0.1, 0.15) is 0 Å². The summed E-state index contributed by atoms with van der Waals surface area (Å²) in [5.74, 6) is 0.627. The van der Waals surface area contributed by atoms with Gasteiger partial charge in [0, 0.05) is 19.3 Å². The van der Waals surface area contributed by atoms with Crippen LogP contribution in [0.15, 0.2) is 6.20 Å². The summed E-state index contributed by atoms with van der Waals surface area (Å²) < 4.78 is 5.24. The third-order valence-electron chi connectivity index (χ3n) is 2.47. The molecule has 0 saturated carbocycles. The summed E-state index contributed by atoms with van der Waals surface area (Å²) in [6, 6.07) is 0. The highest BCUT2D eigenvalue weighted by molar-refractivity contribution is 6.67. The number of carbonyl (C=O) groups is 1. The summed E-state index contributed by atoms with van der Waals surface area (Å²) >= 11 is 5.39. The van der Waals surface area contributed by atoms with E-state index in [9.17, 15) is 4.79 Å². The predicted molar refractivity (Wildman–Crippen MR) is 60.0 cm³/mol. The van der Waals surface area contributed by atoms with E-state index in [0.717, 1.165) is 13.1 Å². The number of hydrogen-bond acceptors (Lipinski definition) is 5. The molecule has 1 saturated heterocycles. The molecule has 86 valence electrons. The van der Waals surface area contributed by atoms with Gasteiger partial charge in [0.2, 0.25) is 5.95 Å². The number of hydrogen-bond donors (Lipinski definition) is 0. The van der Waals surface area contributed by atoms with Crippen LogP contribution in [0.1, 0.15) is 16.1 Å². The third-order valence-corrected chi connectivity index (χ3v) is 2.68. The van der Waals surface area contributed by atoms with Gasteiger partial charge in [-0.05, 0) is 18.5 Å². The second kappa shape index (κ2) is 4.76. The highest BCUT2D eigenvalue weighted by atomic mass is 35.5. The van der Waals surface area contributed by atoms with Crippen LogP contribution >= 0.6 is 11.6 Å². The fourth-order valence-electron chi connectivity index (χ4n) is 1.56. The fourth-order valence-corrected chi connectivity index (χ4v) is 1.75. The average molecular weight is 242 g/mol. The maximum Gasteiger partial charge on any atom is 0.255 e. The van der Waals surface area contributed by atoms with Gasteiger partial charge in [-0.25, -0.2) is 9.97 Å². The summed E-state index contributed by atoms with van der Waals surface area (Å²) in [6.45, 7) is 4.65. The van der Waals surface area contributed by atoms with Crippen LogP contribution in [0.4, 0.5) is 5.95 Å². The second-order valence-corrected chi connectivity index (χ2v) is 3.89. The second-order valence-electron chi connectivity index (χ2n) is 3.54. The van der Waals surface area contributed by atoms with Gasteiger partial charge in [-0.2, -0.15) is 0 Å². The van der Waals surface area contributed by atoms with Gasteiger partial charge in [0.25, 0.3) is 5.24 Å². The molecule has 0 radical (unpaired) electrons. The van der Waals surface area contributed by atoms with Crippen molar-refractivity contribution in [3.8, 4) is 0 Å². The van der Waals surface area contributed by atoms with Crippen molar-refractivity contribution in [2.45, 2.75) is 6.92 Å². The average Bonchev–Trinajstić information content (AvgIpc) is 2.29. The van der Waals surface area contributed by atoms with E-state index in [-0.39, 0.29) is 0 Å². The van der Waals surface area contributed by atoms with Crippen molar-refractivity contribution in [3.05, 3.63) is 17.5 Å². The zero-order chi connectivity index (χ0) is 11.5. The minimum atomic E-state index is -0.522. The maximum atomic E-state index is 11.0. The SMILES string of the molecule is Cc1nc(N2CCOCC2)ncc1C(=O)Cl. The van der Waals surface area contributed by atoms with Crippen LogP contribution in [0.3, 0.4) is 0 Å². The van der Waals surface area contributed by atoms with Crippen LogP contribution < -0.4 is 4.90 Å². The number of aromatic nitrogens is 2. The lowest BCUT2D eigenvalue weighted by Gasteiger charge is -2.26. The molecular formula is C10H12ClN3O2. The Balaban J connectivity index is 2.23. The largest absolute Gasteiger partial charge is 0.378 e. The number of anilines is 1. The molecule has 0 bridgehead atoms. The summed E-state index contributed by atoms with van der Waals surface area (Å²) in [5.41, 5.74) is 0.968. The van der Waals surface area contributed by atoms with Crippen LogP contribution in [-0.2, 0) is 4.74 Å². The van der Waals surface area contributed by atoms with Crippen molar-refractivity contribution in [2.24, 2.45) is 0 Å². The molecule has 0 spiro atoms. The number of halogens is 1. The Morgan fingerprint density at radius 3 is 2.75 bits per heavy atom. The van der Waals surface area contributed by atoms with E-state index in [1.165, 1.54) is 6.20 Å². The number of rotatable bonds is 2. The minimum Gasteiger partial charge on any atom is -0.378 e. The fraction of sp³-hybridized carbons (Fsp3) is 0.500. The Morgan fingerprint density at radius 2 is 2.19 bits per heavy atom. The molecule has 6 heteroatoms. The molecule has 1 aliphatic heterocycles. The van der Waals surface area contributed by atoms with Crippen molar-refractivity contribution in [3.63, 3.8) is 0 Å². The first-order valence-corrected chi connectivity index (χ1v) is 5.42. The molecule has 16 heavy (non-hydrogen) atoms. The predicted octanol–water partition coefficient (Wildman–Crippen LogP) is 1.00. The molecule has 1 fully saturated rings. The van der Waals surface area contributed by atoms with Gasteiger partial charge in [0.15, 0.2) is 0 Å². The van der Waals surface area contributed by atoms with E-state index < -0.39 is 5.24 Å². The van der Waals surface area contributed by atoms with Crippen molar-refractivity contribution in [1.29, 1.82) is 0 Å². The minimum absolute atomic E-state index is 0.360. The van der Waals surface area contributed by atoms with Crippen molar-refractivity contribution in [1.82, 2.24) is 9.97 Å². The lowest BCUT2D eigenvalue weighted by molar-refractivity contribution is 0.107. The monoisotopic (exact) mass is 241 g/mol. The number of morpholine rings is 1. The van der Waals surface area contributed by atoms with Crippen molar-refractivity contribution in [2.75, 3.05) is 31.2 Å². The topological polar surface area (TPSA) is 55.3 Å². The molecule has 1 aliphatic rings. The highest BCUT2D eigenvalue weighted by Gasteiger charge is 2.16. The maximum absolute atomic E-state index is 11.0.